The van der Waals surface area contributed by atoms with Crippen LogP contribution in [0.5, 0.6) is 0 Å². The number of benzene rings is 1. The highest BCUT2D eigenvalue weighted by atomic mass is 16.3. The maximum Gasteiger partial charge on any atom is 0.0823 e. The minimum atomic E-state index is -0.310. The van der Waals surface area contributed by atoms with Crippen LogP contribution in [0.2, 0.25) is 0 Å². The third-order valence-electron chi connectivity index (χ3n) is 4.62. The number of aliphatic hydroxyl groups excluding tert-OH is 1. The zero-order chi connectivity index (χ0) is 14.6. The fourth-order valence-electron chi connectivity index (χ4n) is 2.98. The molecular weight excluding hydrogens is 232 g/mol. The Morgan fingerprint density at radius 3 is 1.95 bits per heavy atom. The van der Waals surface area contributed by atoms with Gasteiger partial charge in [-0.2, -0.15) is 0 Å². The van der Waals surface area contributed by atoms with Crippen molar-refractivity contribution in [1.82, 2.24) is 0 Å². The van der Waals surface area contributed by atoms with E-state index in [0.717, 1.165) is 12.8 Å². The Balaban J connectivity index is 3.13. The van der Waals surface area contributed by atoms with Crippen LogP contribution in [0.1, 0.15) is 73.5 Å². The highest BCUT2D eigenvalue weighted by Crippen LogP contribution is 2.35. The van der Waals surface area contributed by atoms with Crippen molar-refractivity contribution in [2.24, 2.45) is 5.92 Å². The molecule has 0 spiro atoms. The Morgan fingerprint density at radius 1 is 1.00 bits per heavy atom. The molecule has 0 fully saturated rings. The van der Waals surface area contributed by atoms with E-state index in [2.05, 4.69) is 47.6 Å². The van der Waals surface area contributed by atoms with Crippen molar-refractivity contribution in [3.63, 3.8) is 0 Å². The topological polar surface area (TPSA) is 20.2 Å². The molecule has 1 nitrogen and oxygen atoms in total. The normalized spacial score (nSPS) is 14.5. The fraction of sp³-hybridized carbons (Fsp3) is 0.667. The van der Waals surface area contributed by atoms with Gasteiger partial charge in [-0.05, 0) is 67.9 Å². The molecule has 0 heterocycles. The summed E-state index contributed by atoms with van der Waals surface area (Å²) in [6, 6.07) is 2.23. The van der Waals surface area contributed by atoms with E-state index in [1.54, 1.807) is 0 Å². The number of rotatable bonds is 6. The summed E-state index contributed by atoms with van der Waals surface area (Å²) < 4.78 is 0. The minimum Gasteiger partial charge on any atom is -0.388 e. The van der Waals surface area contributed by atoms with E-state index in [-0.39, 0.29) is 6.10 Å². The van der Waals surface area contributed by atoms with Gasteiger partial charge in [0.15, 0.2) is 0 Å². The van der Waals surface area contributed by atoms with Gasteiger partial charge in [0.1, 0.15) is 0 Å². The van der Waals surface area contributed by atoms with E-state index in [0.29, 0.717) is 5.92 Å². The second-order valence-electron chi connectivity index (χ2n) is 5.93. The molecule has 1 rings (SSSR count). The van der Waals surface area contributed by atoms with Gasteiger partial charge >= 0.3 is 0 Å². The standard InChI is InChI=1S/C18H30O/c1-7-9-10-16(8-2)18(19)17-14(5)12(3)11-13(4)15(17)6/h11,16,18-19H,7-10H2,1-6H3. The average molecular weight is 262 g/mol. The summed E-state index contributed by atoms with van der Waals surface area (Å²) in [5.41, 5.74) is 6.31. The molecule has 2 atom stereocenters. The van der Waals surface area contributed by atoms with Gasteiger partial charge in [-0.3, -0.25) is 0 Å². The van der Waals surface area contributed by atoms with Crippen LogP contribution < -0.4 is 0 Å². The number of aryl methyl sites for hydroxylation is 2. The zero-order valence-corrected chi connectivity index (χ0v) is 13.5. The summed E-state index contributed by atoms with van der Waals surface area (Å²) in [6.45, 7) is 13.0. The maximum absolute atomic E-state index is 10.8. The number of aliphatic hydroxyl groups is 1. The second-order valence-corrected chi connectivity index (χ2v) is 5.93. The van der Waals surface area contributed by atoms with Crippen LogP contribution in [0.4, 0.5) is 0 Å². The summed E-state index contributed by atoms with van der Waals surface area (Å²) in [4.78, 5) is 0. The van der Waals surface area contributed by atoms with E-state index < -0.39 is 0 Å². The molecule has 108 valence electrons. The lowest BCUT2D eigenvalue weighted by molar-refractivity contribution is 0.0976. The van der Waals surface area contributed by atoms with Gasteiger partial charge in [0.05, 0.1) is 6.10 Å². The van der Waals surface area contributed by atoms with E-state index >= 15 is 0 Å². The van der Waals surface area contributed by atoms with Crippen molar-refractivity contribution in [3.8, 4) is 0 Å². The van der Waals surface area contributed by atoms with Crippen LogP contribution in [0.3, 0.4) is 0 Å². The number of hydrogen-bond acceptors (Lipinski definition) is 1. The quantitative estimate of drug-likeness (QED) is 0.750. The third kappa shape index (κ3) is 3.60. The predicted octanol–water partition coefficient (Wildman–Crippen LogP) is 5.17. The molecule has 0 saturated heterocycles. The van der Waals surface area contributed by atoms with Gasteiger partial charge in [0.25, 0.3) is 0 Å². The largest absolute Gasteiger partial charge is 0.388 e. The summed E-state index contributed by atoms with van der Waals surface area (Å²) in [7, 11) is 0. The zero-order valence-electron chi connectivity index (χ0n) is 13.5. The molecule has 19 heavy (non-hydrogen) atoms. The molecule has 0 saturated carbocycles. The molecule has 0 radical (unpaired) electrons. The van der Waals surface area contributed by atoms with Crippen LogP contribution in [-0.4, -0.2) is 5.11 Å². The van der Waals surface area contributed by atoms with Crippen LogP contribution >= 0.6 is 0 Å². The first-order valence-corrected chi connectivity index (χ1v) is 7.69. The van der Waals surface area contributed by atoms with Gasteiger partial charge in [-0.25, -0.2) is 0 Å². The van der Waals surface area contributed by atoms with Gasteiger partial charge in [-0.1, -0.05) is 39.2 Å². The molecule has 0 aliphatic carbocycles. The third-order valence-corrected chi connectivity index (χ3v) is 4.62. The van der Waals surface area contributed by atoms with E-state index in [1.807, 2.05) is 0 Å². The first-order chi connectivity index (χ1) is 8.93. The SMILES string of the molecule is CCCCC(CC)C(O)c1c(C)c(C)cc(C)c1C. The number of unbranched alkanes of at least 4 members (excludes halogenated alkanes) is 1. The summed E-state index contributed by atoms with van der Waals surface area (Å²) in [6.07, 6.45) is 4.27. The molecular formula is C18H30O. The Kier molecular flexibility index (Phi) is 6.06. The molecule has 2 unspecified atom stereocenters. The van der Waals surface area contributed by atoms with Crippen molar-refractivity contribution in [1.29, 1.82) is 0 Å². The Labute approximate surface area is 119 Å². The van der Waals surface area contributed by atoms with E-state index in [4.69, 9.17) is 0 Å². The molecule has 1 aromatic carbocycles. The first-order valence-electron chi connectivity index (χ1n) is 7.69. The monoisotopic (exact) mass is 262 g/mol. The summed E-state index contributed by atoms with van der Waals surface area (Å²) >= 11 is 0. The van der Waals surface area contributed by atoms with Crippen LogP contribution in [-0.2, 0) is 0 Å². The summed E-state index contributed by atoms with van der Waals surface area (Å²) in [5, 5.41) is 10.8. The predicted molar refractivity (Wildman–Crippen MR) is 83.7 cm³/mol. The lowest BCUT2D eigenvalue weighted by Gasteiger charge is -2.26. The minimum absolute atomic E-state index is 0.310. The van der Waals surface area contributed by atoms with Gasteiger partial charge < -0.3 is 5.11 Å². The molecule has 0 aliphatic rings. The molecule has 1 heteroatoms. The molecule has 1 N–H and O–H groups in total. The highest BCUT2D eigenvalue weighted by Gasteiger charge is 2.23. The summed E-state index contributed by atoms with van der Waals surface area (Å²) in [5.74, 6) is 0.388. The maximum atomic E-state index is 10.8. The second kappa shape index (κ2) is 7.09. The van der Waals surface area contributed by atoms with Crippen molar-refractivity contribution in [2.75, 3.05) is 0 Å². The van der Waals surface area contributed by atoms with Crippen molar-refractivity contribution < 1.29 is 5.11 Å². The van der Waals surface area contributed by atoms with Gasteiger partial charge in [0.2, 0.25) is 0 Å². The molecule has 0 bridgehead atoms. The average Bonchev–Trinajstić information content (AvgIpc) is 2.37. The Bertz CT molecular complexity index is 394. The molecule has 0 amide bonds. The van der Waals surface area contributed by atoms with Crippen LogP contribution in [0.15, 0.2) is 6.07 Å². The van der Waals surface area contributed by atoms with Crippen molar-refractivity contribution >= 4 is 0 Å². The lowest BCUT2D eigenvalue weighted by atomic mass is 9.83. The molecule has 0 aliphatic heterocycles. The van der Waals surface area contributed by atoms with E-state index in [1.165, 1.54) is 40.7 Å². The fourth-order valence-corrected chi connectivity index (χ4v) is 2.98. The van der Waals surface area contributed by atoms with E-state index in [9.17, 15) is 5.11 Å². The van der Waals surface area contributed by atoms with Gasteiger partial charge in [0, 0.05) is 0 Å². The highest BCUT2D eigenvalue weighted by molar-refractivity contribution is 5.45. The molecule has 1 aromatic rings. The van der Waals surface area contributed by atoms with Crippen molar-refractivity contribution in [2.45, 2.75) is 73.3 Å². The van der Waals surface area contributed by atoms with Crippen LogP contribution in [0, 0.1) is 33.6 Å². The Hall–Kier alpha value is -0.820. The smallest absolute Gasteiger partial charge is 0.0823 e. The van der Waals surface area contributed by atoms with Crippen LogP contribution in [0.25, 0.3) is 0 Å². The lowest BCUT2D eigenvalue weighted by Crippen LogP contribution is -2.15. The van der Waals surface area contributed by atoms with Crippen molar-refractivity contribution in [3.05, 3.63) is 33.9 Å². The Morgan fingerprint density at radius 2 is 1.53 bits per heavy atom. The van der Waals surface area contributed by atoms with Gasteiger partial charge in [-0.15, -0.1) is 0 Å². The number of hydrogen-bond donors (Lipinski definition) is 1. The first kappa shape index (κ1) is 16.2. The molecule has 0 aromatic heterocycles.